The average Bonchev–Trinajstić information content (AvgIpc) is 2.79. The maximum Gasteiger partial charge on any atom is 0.320 e. The molecule has 0 aromatic heterocycles. The summed E-state index contributed by atoms with van der Waals surface area (Å²) in [5.74, 6) is 0. The quantitative estimate of drug-likeness (QED) is 0.176. The first-order valence-corrected chi connectivity index (χ1v) is 11.8. The van der Waals surface area contributed by atoms with E-state index in [1.165, 1.54) is 76.0 Å². The molecule has 0 bridgehead atoms. The highest BCUT2D eigenvalue weighted by Crippen LogP contribution is 1.98. The van der Waals surface area contributed by atoms with Crippen LogP contribution in [0.15, 0.2) is 15.0 Å². The highest BCUT2D eigenvalue weighted by molar-refractivity contribution is 5.91. The molecule has 0 spiro atoms. The zero-order valence-electron chi connectivity index (χ0n) is 21.1. The number of hydrogen-bond acceptors (Lipinski definition) is 8. The molecule has 11 heteroatoms. The molecule has 11 nitrogen and oxygen atoms in total. The molecule has 34 heavy (non-hydrogen) atoms. The van der Waals surface area contributed by atoms with Gasteiger partial charge < -0.3 is 11.5 Å². The molecular weight excluding hydrogens is 440 g/mol. The number of nitrogens with zero attached hydrogens (tertiary/aromatic N) is 3. The molecule has 0 rings (SSSR count). The van der Waals surface area contributed by atoms with Gasteiger partial charge in [-0.05, 0) is 19.3 Å². The van der Waals surface area contributed by atoms with E-state index >= 15 is 0 Å². The molecule has 0 aromatic carbocycles. The van der Waals surface area contributed by atoms with E-state index < -0.39 is 12.1 Å². The van der Waals surface area contributed by atoms with Gasteiger partial charge in [-0.15, -0.1) is 0 Å². The number of carbonyl (C=O) groups excluding carboxylic acids is 5. The topological polar surface area (TPSA) is 186 Å². The van der Waals surface area contributed by atoms with Crippen LogP contribution in [0.1, 0.15) is 97.8 Å². The summed E-state index contributed by atoms with van der Waals surface area (Å²) in [7, 11) is 0. The van der Waals surface area contributed by atoms with Crippen LogP contribution in [0.25, 0.3) is 0 Å². The Hall–Kier alpha value is -3.12. The van der Waals surface area contributed by atoms with Gasteiger partial charge in [0.1, 0.15) is 0 Å². The average molecular weight is 485 g/mol. The van der Waals surface area contributed by atoms with Crippen LogP contribution in [0.4, 0.5) is 9.59 Å². The van der Waals surface area contributed by atoms with Crippen molar-refractivity contribution in [3.05, 3.63) is 0 Å². The minimum atomic E-state index is -0.938. The van der Waals surface area contributed by atoms with Crippen molar-refractivity contribution in [1.82, 2.24) is 5.32 Å². The fraction of sp³-hybridized carbons (Fsp3) is 0.783. The highest BCUT2D eigenvalue weighted by Gasteiger charge is 1.92. The predicted octanol–water partition coefficient (Wildman–Crippen LogP) is 4.44. The van der Waals surface area contributed by atoms with Gasteiger partial charge in [-0.3, -0.25) is 5.32 Å². The molecule has 196 valence electrons. The van der Waals surface area contributed by atoms with Gasteiger partial charge in [0.2, 0.25) is 18.2 Å². The van der Waals surface area contributed by atoms with E-state index in [9.17, 15) is 24.0 Å². The predicted molar refractivity (Wildman–Crippen MR) is 134 cm³/mol. The van der Waals surface area contributed by atoms with Gasteiger partial charge in [-0.25, -0.2) is 38.9 Å². The maximum absolute atomic E-state index is 9.62. The largest absolute Gasteiger partial charge is 0.351 e. The molecule has 0 aliphatic rings. The number of rotatable bonds is 15. The van der Waals surface area contributed by atoms with Gasteiger partial charge >= 0.3 is 12.1 Å². The lowest BCUT2D eigenvalue weighted by Crippen LogP contribution is -2.38. The molecule has 0 fully saturated rings. The van der Waals surface area contributed by atoms with Crippen LogP contribution in [0, 0.1) is 0 Å². The van der Waals surface area contributed by atoms with Crippen molar-refractivity contribution in [2.45, 2.75) is 97.8 Å². The third-order valence-corrected chi connectivity index (χ3v) is 3.81. The van der Waals surface area contributed by atoms with Crippen LogP contribution >= 0.6 is 0 Å². The summed E-state index contributed by atoms with van der Waals surface area (Å²) < 4.78 is 0. The summed E-state index contributed by atoms with van der Waals surface area (Å²) in [5, 5.41) is 1.58. The first-order chi connectivity index (χ1) is 16.4. The second-order valence-electron chi connectivity index (χ2n) is 6.95. The fourth-order valence-corrected chi connectivity index (χ4v) is 2.11. The molecule has 0 atom stereocenters. The summed E-state index contributed by atoms with van der Waals surface area (Å²) in [6.07, 6.45) is 18.6. The summed E-state index contributed by atoms with van der Waals surface area (Å²) in [5.41, 5.74) is 8.88. The number of urea groups is 2. The van der Waals surface area contributed by atoms with Crippen LogP contribution in [-0.4, -0.2) is 49.9 Å². The van der Waals surface area contributed by atoms with Crippen LogP contribution in [0.5, 0.6) is 0 Å². The number of unbranched alkanes of at least 4 members (excludes halogenated alkanes) is 9. The Balaban J connectivity index is -0.000000177. The molecular formula is C23H44N6O5. The maximum atomic E-state index is 9.62. The first-order valence-electron chi connectivity index (χ1n) is 11.8. The second kappa shape index (κ2) is 40.3. The summed E-state index contributed by atoms with van der Waals surface area (Å²) in [6.45, 7) is 8.44. The number of hydrogen-bond donors (Lipinski definition) is 3. The lowest BCUT2D eigenvalue weighted by Gasteiger charge is -1.90. The Morgan fingerprint density at radius 2 is 0.824 bits per heavy atom. The first kappa shape index (κ1) is 38.2. The van der Waals surface area contributed by atoms with Crippen molar-refractivity contribution in [2.24, 2.45) is 26.4 Å². The van der Waals surface area contributed by atoms with Crippen molar-refractivity contribution in [3.63, 3.8) is 0 Å². The van der Waals surface area contributed by atoms with Crippen molar-refractivity contribution in [1.29, 1.82) is 0 Å². The monoisotopic (exact) mass is 484 g/mol. The molecule has 0 heterocycles. The van der Waals surface area contributed by atoms with Gasteiger partial charge in [-0.1, -0.05) is 78.6 Å². The van der Waals surface area contributed by atoms with E-state index in [1.807, 2.05) is 0 Å². The highest BCUT2D eigenvalue weighted by atomic mass is 16.2. The molecule has 0 saturated heterocycles. The molecule has 0 radical (unpaired) electrons. The third kappa shape index (κ3) is 63.0. The molecule has 0 aromatic rings. The third-order valence-electron chi connectivity index (χ3n) is 3.81. The minimum absolute atomic E-state index is 0.656. The molecule has 0 saturated carbocycles. The van der Waals surface area contributed by atoms with Gasteiger partial charge in [0.25, 0.3) is 0 Å². The van der Waals surface area contributed by atoms with Gasteiger partial charge in [0.05, 0.1) is 19.6 Å². The lowest BCUT2D eigenvalue weighted by atomic mass is 10.2. The van der Waals surface area contributed by atoms with Crippen LogP contribution < -0.4 is 16.8 Å². The van der Waals surface area contributed by atoms with E-state index in [4.69, 9.17) is 0 Å². The number of carbonyl (C=O) groups is 2. The van der Waals surface area contributed by atoms with Gasteiger partial charge in [-0.2, -0.15) is 0 Å². The van der Waals surface area contributed by atoms with Crippen LogP contribution in [-0.2, 0) is 14.4 Å². The molecule has 5 N–H and O–H groups in total. The fourth-order valence-electron chi connectivity index (χ4n) is 2.11. The van der Waals surface area contributed by atoms with E-state index in [0.717, 1.165) is 19.3 Å². The van der Waals surface area contributed by atoms with E-state index in [1.54, 1.807) is 5.32 Å². The van der Waals surface area contributed by atoms with Gasteiger partial charge in [0.15, 0.2) is 0 Å². The van der Waals surface area contributed by atoms with Crippen molar-refractivity contribution in [3.8, 4) is 0 Å². The lowest BCUT2D eigenvalue weighted by molar-refractivity contribution is 0.236. The van der Waals surface area contributed by atoms with E-state index in [-0.39, 0.29) is 0 Å². The number of primary amides is 2. The Morgan fingerprint density at radius 1 is 0.559 bits per heavy atom. The van der Waals surface area contributed by atoms with E-state index in [2.05, 4.69) is 47.2 Å². The summed E-state index contributed by atoms with van der Waals surface area (Å²) in [6, 6.07) is -1.88. The molecule has 4 amide bonds. The smallest absolute Gasteiger partial charge is 0.320 e. The Morgan fingerprint density at radius 3 is 0.971 bits per heavy atom. The number of nitrogens with two attached hydrogens (primary N) is 2. The number of nitrogens with one attached hydrogen (secondary N) is 1. The van der Waals surface area contributed by atoms with Crippen LogP contribution in [0.2, 0.25) is 0 Å². The molecule has 0 unspecified atom stereocenters. The van der Waals surface area contributed by atoms with Crippen molar-refractivity contribution < 1.29 is 24.0 Å². The normalized spacial score (nSPS) is 8.32. The SMILES string of the molecule is CCCCCCN=C=O.CCCCCCN=C=O.CCCCCCN=C=O.NC(=O)NC(N)=O. The Kier molecular flexibility index (Phi) is 45.2. The molecule has 0 aliphatic heterocycles. The van der Waals surface area contributed by atoms with Crippen molar-refractivity contribution >= 4 is 30.3 Å². The minimum Gasteiger partial charge on any atom is -0.351 e. The van der Waals surface area contributed by atoms with Crippen molar-refractivity contribution in [2.75, 3.05) is 19.6 Å². The van der Waals surface area contributed by atoms with E-state index in [0.29, 0.717) is 19.6 Å². The number of amides is 4. The van der Waals surface area contributed by atoms with Gasteiger partial charge in [0, 0.05) is 0 Å². The number of aliphatic imine (C=N–C) groups is 3. The van der Waals surface area contributed by atoms with Crippen LogP contribution in [0.3, 0.4) is 0 Å². The zero-order valence-corrected chi connectivity index (χ0v) is 21.1. The summed E-state index contributed by atoms with van der Waals surface area (Å²) >= 11 is 0. The number of imide groups is 1. The standard InChI is InChI=1S/3C7H13NO.C2H5N3O2/c3*1-2-3-4-5-6-8-7-9;3-1(6)5-2(4)7/h3*2-6H2,1H3;(H5,3,4,5,6,7). The Labute approximate surface area is 204 Å². The zero-order chi connectivity index (χ0) is 26.7. The summed E-state index contributed by atoms with van der Waals surface area (Å²) in [4.78, 5) is 58.2. The Bertz CT molecular complexity index is 523. The second-order valence-corrected chi connectivity index (χ2v) is 6.95. The molecule has 0 aliphatic carbocycles. The number of isocyanates is 3.